The second-order valence-electron chi connectivity index (χ2n) is 5.26. The molecular weight excluding hydrogens is 284 g/mol. The fraction of sp³-hybridized carbons (Fsp3) is 0.333. The van der Waals surface area contributed by atoms with Gasteiger partial charge in [0.1, 0.15) is 11.9 Å². The van der Waals surface area contributed by atoms with E-state index in [9.17, 15) is 14.7 Å². The molecule has 0 saturated carbocycles. The molecule has 1 atom stereocenters. The average Bonchev–Trinajstić information content (AvgIpc) is 2.54. The first-order valence-corrected chi connectivity index (χ1v) is 7.05. The van der Waals surface area contributed by atoms with Gasteiger partial charge in [0.05, 0.1) is 12.2 Å². The van der Waals surface area contributed by atoms with E-state index in [4.69, 9.17) is 0 Å². The van der Waals surface area contributed by atoms with Gasteiger partial charge in [-0.25, -0.2) is 4.98 Å². The van der Waals surface area contributed by atoms with E-state index >= 15 is 0 Å². The first kappa shape index (κ1) is 14.4. The van der Waals surface area contributed by atoms with Crippen LogP contribution in [0.5, 0.6) is 0 Å². The van der Waals surface area contributed by atoms with E-state index in [2.05, 4.69) is 15.0 Å². The number of H-pyrrole nitrogens is 1. The van der Waals surface area contributed by atoms with Crippen LogP contribution in [0.1, 0.15) is 18.2 Å². The van der Waals surface area contributed by atoms with Crippen LogP contribution in [-0.2, 0) is 17.8 Å². The van der Waals surface area contributed by atoms with Gasteiger partial charge in [0.15, 0.2) is 0 Å². The summed E-state index contributed by atoms with van der Waals surface area (Å²) in [6, 6.07) is 3.51. The van der Waals surface area contributed by atoms with Crippen molar-refractivity contribution >= 4 is 5.91 Å². The van der Waals surface area contributed by atoms with E-state index in [-0.39, 0.29) is 18.0 Å². The van der Waals surface area contributed by atoms with Gasteiger partial charge in [0, 0.05) is 30.1 Å². The van der Waals surface area contributed by atoms with Crippen LogP contribution in [0, 0.1) is 0 Å². The molecule has 3 heterocycles. The van der Waals surface area contributed by atoms with Gasteiger partial charge < -0.3 is 15.0 Å². The third-order valence-electron chi connectivity index (χ3n) is 3.70. The number of hydrogen-bond acceptors (Lipinski definition) is 5. The normalized spacial score (nSPS) is 15.3. The van der Waals surface area contributed by atoms with Crippen molar-refractivity contribution in [1.29, 1.82) is 0 Å². The van der Waals surface area contributed by atoms with Crippen molar-refractivity contribution in [2.45, 2.75) is 26.0 Å². The maximum absolute atomic E-state index is 12.2. The molecule has 1 aliphatic rings. The van der Waals surface area contributed by atoms with Crippen LogP contribution in [0.3, 0.4) is 0 Å². The lowest BCUT2D eigenvalue weighted by molar-refractivity contribution is -0.140. The molecule has 0 aliphatic carbocycles. The number of nitrogens with zero attached hydrogens (tertiary/aromatic N) is 3. The van der Waals surface area contributed by atoms with Gasteiger partial charge in [0.25, 0.3) is 11.5 Å². The van der Waals surface area contributed by atoms with Crippen LogP contribution in [0.2, 0.25) is 0 Å². The number of pyridine rings is 1. The number of aromatic amines is 1. The van der Waals surface area contributed by atoms with E-state index < -0.39 is 6.10 Å². The van der Waals surface area contributed by atoms with Crippen LogP contribution >= 0.6 is 0 Å². The van der Waals surface area contributed by atoms with E-state index in [0.29, 0.717) is 30.0 Å². The van der Waals surface area contributed by atoms with Crippen molar-refractivity contribution in [3.05, 3.63) is 46.1 Å². The largest absolute Gasteiger partial charge is 0.384 e. The quantitative estimate of drug-likeness (QED) is 0.819. The van der Waals surface area contributed by atoms with Crippen molar-refractivity contribution in [2.24, 2.45) is 0 Å². The smallest absolute Gasteiger partial charge is 0.254 e. The van der Waals surface area contributed by atoms with Crippen LogP contribution in [-0.4, -0.2) is 43.5 Å². The number of aliphatic hydroxyl groups excluding tert-OH is 1. The molecule has 0 fully saturated rings. The minimum Gasteiger partial charge on any atom is -0.384 e. The molecule has 0 unspecified atom stereocenters. The lowest BCUT2D eigenvalue weighted by Crippen LogP contribution is -2.43. The van der Waals surface area contributed by atoms with Crippen LogP contribution in [0.15, 0.2) is 29.3 Å². The molecule has 2 aromatic heterocycles. The van der Waals surface area contributed by atoms with Gasteiger partial charge in [-0.1, -0.05) is 0 Å². The number of aliphatic hydroxyl groups is 1. The van der Waals surface area contributed by atoms with Crippen LogP contribution in [0.25, 0.3) is 11.4 Å². The summed E-state index contributed by atoms with van der Waals surface area (Å²) >= 11 is 0. The fourth-order valence-corrected chi connectivity index (χ4v) is 2.54. The predicted octanol–water partition coefficient (Wildman–Crippen LogP) is 0.0974. The van der Waals surface area contributed by atoms with Crippen molar-refractivity contribution in [2.75, 3.05) is 6.54 Å². The summed E-state index contributed by atoms with van der Waals surface area (Å²) in [5.74, 6) is 0.107. The van der Waals surface area contributed by atoms with Crippen molar-refractivity contribution in [3.8, 4) is 11.4 Å². The summed E-state index contributed by atoms with van der Waals surface area (Å²) < 4.78 is 0. The molecule has 114 valence electrons. The molecule has 0 radical (unpaired) electrons. The molecule has 0 saturated heterocycles. The molecule has 1 aliphatic heterocycles. The summed E-state index contributed by atoms with van der Waals surface area (Å²) in [4.78, 5) is 36.8. The molecule has 7 nitrogen and oxygen atoms in total. The zero-order valence-electron chi connectivity index (χ0n) is 12.1. The Morgan fingerprint density at radius 1 is 1.41 bits per heavy atom. The first-order valence-electron chi connectivity index (χ1n) is 7.05. The van der Waals surface area contributed by atoms with Gasteiger partial charge in [-0.2, -0.15) is 0 Å². The maximum Gasteiger partial charge on any atom is 0.254 e. The van der Waals surface area contributed by atoms with Crippen LogP contribution < -0.4 is 5.56 Å². The molecule has 7 heteroatoms. The highest BCUT2D eigenvalue weighted by Crippen LogP contribution is 2.18. The number of carbonyl (C=O) groups is 1. The number of fused-ring (bicyclic) bond motifs is 1. The van der Waals surface area contributed by atoms with Gasteiger partial charge in [-0.15, -0.1) is 0 Å². The summed E-state index contributed by atoms with van der Waals surface area (Å²) in [5.41, 5.74) is 1.76. The molecule has 2 N–H and O–H groups in total. The number of nitrogens with one attached hydrogen (secondary N) is 1. The van der Waals surface area contributed by atoms with Gasteiger partial charge >= 0.3 is 0 Å². The minimum atomic E-state index is -1.05. The second kappa shape index (κ2) is 5.69. The third-order valence-corrected chi connectivity index (χ3v) is 3.70. The van der Waals surface area contributed by atoms with E-state index in [1.807, 2.05) is 0 Å². The number of hydrogen-bond donors (Lipinski definition) is 2. The number of aromatic nitrogens is 3. The SMILES string of the molecule is C[C@@H](O)C(=O)N1CCc2c(nc(-c3ccncc3)[nH]c2=O)C1. The molecule has 0 spiro atoms. The first-order chi connectivity index (χ1) is 10.6. The number of rotatable bonds is 2. The molecule has 0 bridgehead atoms. The molecular formula is C15H16N4O3. The lowest BCUT2D eigenvalue weighted by atomic mass is 10.1. The zero-order valence-corrected chi connectivity index (χ0v) is 12.1. The highest BCUT2D eigenvalue weighted by Gasteiger charge is 2.26. The maximum atomic E-state index is 12.2. The summed E-state index contributed by atoms with van der Waals surface area (Å²) in [5, 5.41) is 9.42. The average molecular weight is 300 g/mol. The summed E-state index contributed by atoms with van der Waals surface area (Å²) in [6.45, 7) is 2.09. The Morgan fingerprint density at radius 3 is 2.82 bits per heavy atom. The molecule has 22 heavy (non-hydrogen) atoms. The summed E-state index contributed by atoms with van der Waals surface area (Å²) in [6.07, 6.45) is 2.63. The standard InChI is InChI=1S/C15H16N4O3/c1-9(20)15(22)19-7-4-11-12(8-19)17-13(18-14(11)21)10-2-5-16-6-3-10/h2-3,5-6,9,20H,4,7-8H2,1H3,(H,17,18,21)/t9-/m1/s1. The summed E-state index contributed by atoms with van der Waals surface area (Å²) in [7, 11) is 0. The Kier molecular flexibility index (Phi) is 3.72. The van der Waals surface area contributed by atoms with E-state index in [0.717, 1.165) is 5.56 Å². The Labute approximate surface area is 126 Å². The second-order valence-corrected chi connectivity index (χ2v) is 5.26. The Morgan fingerprint density at radius 2 is 2.14 bits per heavy atom. The van der Waals surface area contributed by atoms with Crippen molar-refractivity contribution in [1.82, 2.24) is 19.9 Å². The third kappa shape index (κ3) is 2.62. The highest BCUT2D eigenvalue weighted by molar-refractivity contribution is 5.80. The fourth-order valence-electron chi connectivity index (χ4n) is 2.54. The topological polar surface area (TPSA) is 99.2 Å². The molecule has 0 aromatic carbocycles. The lowest BCUT2D eigenvalue weighted by Gasteiger charge is -2.28. The van der Waals surface area contributed by atoms with Gasteiger partial charge in [-0.3, -0.25) is 14.6 Å². The Hall–Kier alpha value is -2.54. The Bertz CT molecular complexity index is 755. The molecule has 3 rings (SSSR count). The van der Waals surface area contributed by atoms with Crippen LogP contribution in [0.4, 0.5) is 0 Å². The van der Waals surface area contributed by atoms with E-state index in [1.54, 1.807) is 24.5 Å². The minimum absolute atomic E-state index is 0.180. The van der Waals surface area contributed by atoms with Gasteiger partial charge in [-0.05, 0) is 25.5 Å². The molecule has 1 amide bonds. The predicted molar refractivity (Wildman–Crippen MR) is 78.9 cm³/mol. The van der Waals surface area contributed by atoms with Gasteiger partial charge in [0.2, 0.25) is 0 Å². The Balaban J connectivity index is 1.98. The highest BCUT2D eigenvalue weighted by atomic mass is 16.3. The van der Waals surface area contributed by atoms with Crippen molar-refractivity contribution in [3.63, 3.8) is 0 Å². The van der Waals surface area contributed by atoms with Crippen molar-refractivity contribution < 1.29 is 9.90 Å². The number of amides is 1. The molecule has 2 aromatic rings. The monoisotopic (exact) mass is 300 g/mol. The number of carbonyl (C=O) groups excluding carboxylic acids is 1. The zero-order chi connectivity index (χ0) is 15.7. The van der Waals surface area contributed by atoms with E-state index in [1.165, 1.54) is 11.8 Å².